The standard InChI is InChI=1S/C10H21NO3/c1-9(2,12)6-11-7-10(13-3)4-5-14-8-10/h11-12H,4-8H2,1-3H3. The van der Waals surface area contributed by atoms with Crippen LogP contribution in [0, 0.1) is 0 Å². The van der Waals surface area contributed by atoms with Crippen molar-refractivity contribution in [2.75, 3.05) is 33.4 Å². The molecule has 0 aliphatic carbocycles. The minimum absolute atomic E-state index is 0.189. The van der Waals surface area contributed by atoms with Crippen molar-refractivity contribution >= 4 is 0 Å². The van der Waals surface area contributed by atoms with E-state index in [4.69, 9.17) is 9.47 Å². The van der Waals surface area contributed by atoms with E-state index < -0.39 is 5.60 Å². The Morgan fingerprint density at radius 2 is 2.29 bits per heavy atom. The summed E-state index contributed by atoms with van der Waals surface area (Å²) < 4.78 is 10.8. The summed E-state index contributed by atoms with van der Waals surface area (Å²) in [5, 5.41) is 12.7. The number of ether oxygens (including phenoxy) is 2. The van der Waals surface area contributed by atoms with Gasteiger partial charge in [-0.15, -0.1) is 0 Å². The smallest absolute Gasteiger partial charge is 0.106 e. The van der Waals surface area contributed by atoms with Crippen molar-refractivity contribution in [1.82, 2.24) is 5.32 Å². The third kappa shape index (κ3) is 3.53. The van der Waals surface area contributed by atoms with Crippen LogP contribution in [0.25, 0.3) is 0 Å². The zero-order valence-electron chi connectivity index (χ0n) is 9.30. The molecule has 0 aromatic rings. The molecule has 0 spiro atoms. The van der Waals surface area contributed by atoms with E-state index in [0.29, 0.717) is 13.2 Å². The molecular formula is C10H21NO3. The summed E-state index contributed by atoms with van der Waals surface area (Å²) >= 11 is 0. The van der Waals surface area contributed by atoms with Crippen molar-refractivity contribution < 1.29 is 14.6 Å². The molecule has 1 rings (SSSR count). The Hall–Kier alpha value is -0.160. The van der Waals surface area contributed by atoms with Crippen LogP contribution < -0.4 is 5.32 Å². The first-order valence-electron chi connectivity index (χ1n) is 5.03. The van der Waals surface area contributed by atoms with Gasteiger partial charge in [-0.3, -0.25) is 0 Å². The Bertz CT molecular complexity index is 171. The predicted octanol–water partition coefficient (Wildman–Crippen LogP) is 0.152. The largest absolute Gasteiger partial charge is 0.389 e. The van der Waals surface area contributed by atoms with Gasteiger partial charge in [-0.05, 0) is 13.8 Å². The molecule has 1 heterocycles. The van der Waals surface area contributed by atoms with E-state index in [1.807, 2.05) is 0 Å². The molecule has 4 nitrogen and oxygen atoms in total. The second-order valence-electron chi connectivity index (χ2n) is 4.61. The second kappa shape index (κ2) is 4.57. The van der Waals surface area contributed by atoms with Crippen LogP contribution in [0.1, 0.15) is 20.3 Å². The Labute approximate surface area is 85.6 Å². The molecule has 0 bridgehead atoms. The van der Waals surface area contributed by atoms with Gasteiger partial charge in [0.25, 0.3) is 0 Å². The van der Waals surface area contributed by atoms with E-state index in [9.17, 15) is 5.11 Å². The van der Waals surface area contributed by atoms with Gasteiger partial charge in [0.2, 0.25) is 0 Å². The van der Waals surface area contributed by atoms with E-state index in [1.165, 1.54) is 0 Å². The van der Waals surface area contributed by atoms with Gasteiger partial charge in [0, 0.05) is 33.2 Å². The Morgan fingerprint density at radius 1 is 1.57 bits per heavy atom. The van der Waals surface area contributed by atoms with E-state index in [1.54, 1.807) is 21.0 Å². The lowest BCUT2D eigenvalue weighted by molar-refractivity contribution is -0.0200. The first kappa shape index (κ1) is 11.9. The summed E-state index contributed by atoms with van der Waals surface area (Å²) in [7, 11) is 1.71. The number of rotatable bonds is 5. The summed E-state index contributed by atoms with van der Waals surface area (Å²) in [6, 6.07) is 0. The molecule has 0 aromatic heterocycles. The molecule has 2 N–H and O–H groups in total. The average Bonchev–Trinajstić information content (AvgIpc) is 2.52. The van der Waals surface area contributed by atoms with Crippen LogP contribution in [0.4, 0.5) is 0 Å². The number of nitrogens with one attached hydrogen (secondary N) is 1. The molecule has 1 atom stereocenters. The first-order valence-corrected chi connectivity index (χ1v) is 5.03. The van der Waals surface area contributed by atoms with Crippen LogP contribution in [0.15, 0.2) is 0 Å². The lowest BCUT2D eigenvalue weighted by Crippen LogP contribution is -2.46. The summed E-state index contributed by atoms with van der Waals surface area (Å²) in [4.78, 5) is 0. The SMILES string of the molecule is COC1(CNCC(C)(C)O)CCOC1. The molecule has 0 saturated carbocycles. The van der Waals surface area contributed by atoms with Crippen LogP contribution in [0.2, 0.25) is 0 Å². The molecule has 4 heteroatoms. The van der Waals surface area contributed by atoms with E-state index in [-0.39, 0.29) is 5.60 Å². The minimum Gasteiger partial charge on any atom is -0.389 e. The Balaban J connectivity index is 2.28. The normalized spacial score (nSPS) is 28.3. The van der Waals surface area contributed by atoms with Gasteiger partial charge in [0.15, 0.2) is 0 Å². The average molecular weight is 203 g/mol. The monoisotopic (exact) mass is 203 g/mol. The molecule has 1 aliphatic rings. The van der Waals surface area contributed by atoms with Crippen molar-refractivity contribution in [3.05, 3.63) is 0 Å². The van der Waals surface area contributed by atoms with Gasteiger partial charge in [-0.2, -0.15) is 0 Å². The number of methoxy groups -OCH3 is 1. The summed E-state index contributed by atoms with van der Waals surface area (Å²) in [6.07, 6.45) is 0.919. The van der Waals surface area contributed by atoms with E-state index >= 15 is 0 Å². The van der Waals surface area contributed by atoms with Crippen LogP contribution in [0.5, 0.6) is 0 Å². The molecule has 14 heavy (non-hydrogen) atoms. The van der Waals surface area contributed by atoms with E-state index in [2.05, 4.69) is 5.32 Å². The Morgan fingerprint density at radius 3 is 2.71 bits per heavy atom. The maximum absolute atomic E-state index is 9.51. The molecular weight excluding hydrogens is 182 g/mol. The second-order valence-corrected chi connectivity index (χ2v) is 4.61. The van der Waals surface area contributed by atoms with Crippen LogP contribution in [0.3, 0.4) is 0 Å². The molecule has 0 radical (unpaired) electrons. The van der Waals surface area contributed by atoms with Crippen molar-refractivity contribution in [2.45, 2.75) is 31.5 Å². The van der Waals surface area contributed by atoms with Gasteiger partial charge in [-0.25, -0.2) is 0 Å². The lowest BCUT2D eigenvalue weighted by Gasteiger charge is -2.28. The highest BCUT2D eigenvalue weighted by atomic mass is 16.5. The molecule has 1 unspecified atom stereocenters. The zero-order chi connectivity index (χ0) is 10.7. The molecule has 1 saturated heterocycles. The highest BCUT2D eigenvalue weighted by molar-refractivity contribution is 4.87. The van der Waals surface area contributed by atoms with E-state index in [0.717, 1.165) is 19.6 Å². The molecule has 84 valence electrons. The topological polar surface area (TPSA) is 50.7 Å². The first-order chi connectivity index (χ1) is 6.47. The van der Waals surface area contributed by atoms with Crippen LogP contribution >= 0.6 is 0 Å². The quantitative estimate of drug-likeness (QED) is 0.668. The van der Waals surface area contributed by atoms with Crippen molar-refractivity contribution in [3.8, 4) is 0 Å². The van der Waals surface area contributed by atoms with Gasteiger partial charge in [0.05, 0.1) is 12.2 Å². The van der Waals surface area contributed by atoms with Gasteiger partial charge >= 0.3 is 0 Å². The predicted molar refractivity (Wildman–Crippen MR) is 54.3 cm³/mol. The lowest BCUT2D eigenvalue weighted by atomic mass is 10.0. The third-order valence-electron chi connectivity index (χ3n) is 2.50. The van der Waals surface area contributed by atoms with Crippen LogP contribution in [-0.4, -0.2) is 49.7 Å². The fourth-order valence-electron chi connectivity index (χ4n) is 1.56. The van der Waals surface area contributed by atoms with Crippen LogP contribution in [-0.2, 0) is 9.47 Å². The van der Waals surface area contributed by atoms with Crippen molar-refractivity contribution in [2.24, 2.45) is 0 Å². The molecule has 1 aliphatic heterocycles. The minimum atomic E-state index is -0.672. The highest BCUT2D eigenvalue weighted by Crippen LogP contribution is 2.21. The number of hydrogen-bond acceptors (Lipinski definition) is 4. The van der Waals surface area contributed by atoms with Crippen molar-refractivity contribution in [3.63, 3.8) is 0 Å². The zero-order valence-corrected chi connectivity index (χ0v) is 9.30. The van der Waals surface area contributed by atoms with Gasteiger partial charge < -0.3 is 19.9 Å². The third-order valence-corrected chi connectivity index (χ3v) is 2.50. The summed E-state index contributed by atoms with van der Waals surface area (Å²) in [6.45, 7) is 6.27. The molecule has 0 aromatic carbocycles. The van der Waals surface area contributed by atoms with Gasteiger partial charge in [-0.1, -0.05) is 0 Å². The number of aliphatic hydroxyl groups is 1. The molecule has 0 amide bonds. The number of hydrogen-bond donors (Lipinski definition) is 2. The molecule has 1 fully saturated rings. The maximum Gasteiger partial charge on any atom is 0.106 e. The summed E-state index contributed by atoms with van der Waals surface area (Å²) in [5.41, 5.74) is -0.861. The van der Waals surface area contributed by atoms with Crippen molar-refractivity contribution in [1.29, 1.82) is 0 Å². The Kier molecular flexibility index (Phi) is 3.89. The fourth-order valence-corrected chi connectivity index (χ4v) is 1.56. The van der Waals surface area contributed by atoms with Gasteiger partial charge in [0.1, 0.15) is 5.60 Å². The highest BCUT2D eigenvalue weighted by Gasteiger charge is 2.34. The fraction of sp³-hybridized carbons (Fsp3) is 1.00. The maximum atomic E-state index is 9.51. The summed E-state index contributed by atoms with van der Waals surface area (Å²) in [5.74, 6) is 0.